The highest BCUT2D eigenvalue weighted by Gasteiger charge is 2.47. The van der Waals surface area contributed by atoms with E-state index in [0.717, 1.165) is 16.7 Å². The Bertz CT molecular complexity index is 1870. The average Bonchev–Trinajstić information content (AvgIpc) is 3.44. The van der Waals surface area contributed by atoms with Gasteiger partial charge in [0.15, 0.2) is 0 Å². The second-order valence-electron chi connectivity index (χ2n) is 12.5. The number of carbonyl (C=O) groups excluding carboxylic acids is 3. The lowest BCUT2D eigenvalue weighted by Crippen LogP contribution is -2.52. The number of carbonyl (C=O) groups is 3. The minimum Gasteiger partial charge on any atom is -0.444 e. The molecule has 3 aromatic carbocycles. The Kier molecular flexibility index (Phi) is 10.0. The number of nitrogens with one attached hydrogen (secondary N) is 2. The zero-order valence-electron chi connectivity index (χ0n) is 27.1. The van der Waals surface area contributed by atoms with Crippen LogP contribution in [-0.2, 0) is 45.8 Å². The van der Waals surface area contributed by atoms with Crippen LogP contribution >= 0.6 is 0 Å². The van der Waals surface area contributed by atoms with Crippen LogP contribution in [0, 0.1) is 0 Å². The van der Waals surface area contributed by atoms with Crippen LogP contribution in [0.4, 0.5) is 15.3 Å². The third-order valence-electron chi connectivity index (χ3n) is 7.74. The Balaban J connectivity index is 1.35. The fourth-order valence-corrected chi connectivity index (χ4v) is 5.48. The number of amides is 3. The summed E-state index contributed by atoms with van der Waals surface area (Å²) in [6.45, 7) is 5.39. The van der Waals surface area contributed by atoms with E-state index in [0.29, 0.717) is 24.2 Å². The largest absolute Gasteiger partial charge is 0.444 e. The molecule has 1 atom stereocenters. The Morgan fingerprint density at radius 3 is 2.23 bits per heavy atom. The molecule has 1 unspecified atom stereocenters. The first-order valence-corrected chi connectivity index (χ1v) is 15.5. The molecule has 1 aliphatic heterocycles. The lowest BCUT2D eigenvalue weighted by atomic mass is 9.87. The van der Waals surface area contributed by atoms with Crippen molar-refractivity contribution in [2.45, 2.75) is 64.3 Å². The van der Waals surface area contributed by atoms with Gasteiger partial charge >= 0.3 is 12.2 Å². The molecule has 1 aromatic heterocycles. The van der Waals surface area contributed by atoms with Gasteiger partial charge in [0, 0.05) is 24.9 Å². The number of aryl methyl sites for hydroxylation is 1. The Morgan fingerprint density at radius 2 is 1.58 bits per heavy atom. The smallest absolute Gasteiger partial charge is 0.436 e. The van der Waals surface area contributed by atoms with Crippen LogP contribution in [0.2, 0.25) is 0 Å². The van der Waals surface area contributed by atoms with E-state index in [4.69, 9.17) is 15.2 Å². The van der Waals surface area contributed by atoms with Gasteiger partial charge in [0.05, 0.1) is 6.20 Å². The molecule has 0 bridgehead atoms. The number of hydrogen-bond donors (Lipinski definition) is 3. The summed E-state index contributed by atoms with van der Waals surface area (Å²) in [5.74, 6) is 0.0794. The summed E-state index contributed by atoms with van der Waals surface area (Å²) >= 11 is 0. The van der Waals surface area contributed by atoms with Crippen molar-refractivity contribution < 1.29 is 23.9 Å². The maximum absolute atomic E-state index is 14.2. The second kappa shape index (κ2) is 14.3. The van der Waals surface area contributed by atoms with E-state index in [2.05, 4.69) is 20.6 Å². The predicted molar refractivity (Wildman–Crippen MR) is 180 cm³/mol. The van der Waals surface area contributed by atoms with E-state index < -0.39 is 28.9 Å². The number of nitrogens with zero attached hydrogens (tertiary/aromatic N) is 3. The Morgan fingerprint density at radius 1 is 0.938 bits per heavy atom. The molecule has 2 heterocycles. The van der Waals surface area contributed by atoms with Gasteiger partial charge in [-0.15, -0.1) is 0 Å². The summed E-state index contributed by atoms with van der Waals surface area (Å²) in [5, 5.41) is 5.51. The molecule has 48 heavy (non-hydrogen) atoms. The van der Waals surface area contributed by atoms with Crippen LogP contribution < -0.4 is 21.9 Å². The molecule has 0 saturated carbocycles. The van der Waals surface area contributed by atoms with Gasteiger partial charge in [-0.1, -0.05) is 84.9 Å². The number of aromatic nitrogens is 2. The Labute approximate surface area is 278 Å². The average molecular weight is 651 g/mol. The molecule has 4 aromatic rings. The molecule has 0 aliphatic carbocycles. The van der Waals surface area contributed by atoms with Crippen molar-refractivity contribution in [2.24, 2.45) is 10.7 Å². The van der Waals surface area contributed by atoms with Gasteiger partial charge in [0.1, 0.15) is 35.1 Å². The Hall–Kier alpha value is -5.78. The molecule has 5 rings (SSSR count). The van der Waals surface area contributed by atoms with E-state index >= 15 is 0 Å². The van der Waals surface area contributed by atoms with Gasteiger partial charge in [-0.05, 0) is 43.9 Å². The first kappa shape index (κ1) is 33.6. The number of benzene rings is 3. The molecule has 0 spiro atoms. The number of hydrogen-bond acceptors (Lipinski definition) is 7. The van der Waals surface area contributed by atoms with Crippen molar-refractivity contribution in [3.8, 4) is 0 Å². The maximum Gasteiger partial charge on any atom is 0.436 e. The van der Waals surface area contributed by atoms with Crippen molar-refractivity contribution in [1.29, 1.82) is 0 Å². The number of nitrogens with two attached hydrogens (primary N) is 1. The van der Waals surface area contributed by atoms with Crippen LogP contribution in [0.3, 0.4) is 0 Å². The van der Waals surface area contributed by atoms with Gasteiger partial charge < -0.3 is 20.5 Å². The second-order valence-corrected chi connectivity index (χ2v) is 12.5. The molecule has 0 fully saturated rings. The van der Waals surface area contributed by atoms with Gasteiger partial charge in [-0.25, -0.2) is 14.6 Å². The van der Waals surface area contributed by atoms with Crippen LogP contribution in [-0.4, -0.2) is 39.1 Å². The van der Waals surface area contributed by atoms with Crippen molar-refractivity contribution >= 4 is 29.6 Å². The third kappa shape index (κ3) is 8.13. The van der Waals surface area contributed by atoms with Gasteiger partial charge in [-0.2, -0.15) is 4.99 Å². The topological polar surface area (TPSA) is 167 Å². The predicted octanol–water partition coefficient (Wildman–Crippen LogP) is 4.83. The molecular weight excluding hydrogens is 612 g/mol. The number of rotatable bonds is 9. The van der Waals surface area contributed by atoms with E-state index in [1.165, 1.54) is 10.8 Å². The van der Waals surface area contributed by atoms with E-state index in [1.54, 1.807) is 45.0 Å². The summed E-state index contributed by atoms with van der Waals surface area (Å²) in [6, 6.07) is 25.5. The van der Waals surface area contributed by atoms with Gasteiger partial charge in [0.2, 0.25) is 5.91 Å². The number of anilines is 1. The molecule has 12 heteroatoms. The first-order chi connectivity index (χ1) is 22.9. The quantitative estimate of drug-likeness (QED) is 0.171. The highest BCUT2D eigenvalue weighted by Crippen LogP contribution is 2.34. The number of fused-ring (bicyclic) bond motifs is 1. The first-order valence-electron chi connectivity index (χ1n) is 15.5. The fraction of sp³-hybridized carbons (Fsp3) is 0.278. The standard InChI is InChI=1S/C36H38N6O6/c1-35(2,3)48-34(46)41-30(37)27-16-14-25(15-17-27)21-39-32(44)36(20-24-10-6-4-7-11-24)19-18-29-38-22-28(31(43)42(29)36)40-33(45)47-23-26-12-8-5-9-13-26/h4-17,22H,18-21,23H2,1-3H3,(H,39,44)(H,40,45)(H2,37,41,46). The fourth-order valence-electron chi connectivity index (χ4n) is 5.48. The minimum atomic E-state index is -1.31. The van der Waals surface area contributed by atoms with Crippen molar-refractivity contribution in [3.05, 3.63) is 130 Å². The van der Waals surface area contributed by atoms with Gasteiger partial charge in [0.25, 0.3) is 5.56 Å². The normalized spacial score (nSPS) is 15.7. The van der Waals surface area contributed by atoms with E-state index in [1.807, 2.05) is 60.7 Å². The maximum atomic E-state index is 14.2. The summed E-state index contributed by atoms with van der Waals surface area (Å²) in [4.78, 5) is 61.0. The highest BCUT2D eigenvalue weighted by atomic mass is 16.6. The number of amidine groups is 1. The van der Waals surface area contributed by atoms with Crippen LogP contribution in [0.25, 0.3) is 0 Å². The number of ether oxygens (including phenoxy) is 2. The molecule has 0 saturated heterocycles. The number of aliphatic imine (C=N–C) groups is 1. The summed E-state index contributed by atoms with van der Waals surface area (Å²) in [6.07, 6.45) is 0.646. The molecule has 0 radical (unpaired) electrons. The summed E-state index contributed by atoms with van der Waals surface area (Å²) in [7, 11) is 0. The molecule has 3 amide bonds. The van der Waals surface area contributed by atoms with Crippen molar-refractivity contribution in [2.75, 3.05) is 5.32 Å². The molecule has 4 N–H and O–H groups in total. The highest BCUT2D eigenvalue weighted by molar-refractivity contribution is 6.02. The molecular formula is C36H38N6O6. The lowest BCUT2D eigenvalue weighted by molar-refractivity contribution is -0.130. The zero-order chi connectivity index (χ0) is 34.3. The summed E-state index contributed by atoms with van der Waals surface area (Å²) < 4.78 is 11.9. The summed E-state index contributed by atoms with van der Waals surface area (Å²) in [5.41, 5.74) is 6.28. The van der Waals surface area contributed by atoms with Crippen LogP contribution in [0.5, 0.6) is 0 Å². The third-order valence-corrected chi connectivity index (χ3v) is 7.74. The van der Waals surface area contributed by atoms with Crippen LogP contribution in [0.1, 0.15) is 55.3 Å². The SMILES string of the molecule is CC(C)(C)OC(=O)/N=C(\N)c1ccc(CNC(=O)C2(Cc3ccccc3)CCc3ncc(NC(=O)OCc4ccccc4)c(=O)n32)cc1. The zero-order valence-corrected chi connectivity index (χ0v) is 27.1. The molecule has 248 valence electrons. The lowest BCUT2D eigenvalue weighted by Gasteiger charge is -2.31. The van der Waals surface area contributed by atoms with Crippen LogP contribution in [0.15, 0.2) is 101 Å². The minimum absolute atomic E-state index is 0.00412. The van der Waals surface area contributed by atoms with E-state index in [-0.39, 0.29) is 37.0 Å². The molecule has 1 aliphatic rings. The monoisotopic (exact) mass is 650 g/mol. The van der Waals surface area contributed by atoms with Gasteiger partial charge in [-0.3, -0.25) is 19.5 Å². The van der Waals surface area contributed by atoms with Crippen molar-refractivity contribution in [1.82, 2.24) is 14.9 Å². The van der Waals surface area contributed by atoms with Crippen molar-refractivity contribution in [3.63, 3.8) is 0 Å². The molecule has 12 nitrogen and oxygen atoms in total. The van der Waals surface area contributed by atoms with E-state index in [9.17, 15) is 19.2 Å².